The molecule has 4 aromatic rings. The van der Waals surface area contributed by atoms with Crippen LogP contribution in [0, 0.1) is 5.82 Å². The van der Waals surface area contributed by atoms with Crippen LogP contribution in [0.5, 0.6) is 0 Å². The first-order valence-corrected chi connectivity index (χ1v) is 8.15. The Morgan fingerprint density at radius 1 is 1.04 bits per heavy atom. The van der Waals surface area contributed by atoms with Gasteiger partial charge in [-0.25, -0.2) is 14.4 Å². The van der Waals surface area contributed by atoms with Crippen LogP contribution in [-0.2, 0) is 0 Å². The van der Waals surface area contributed by atoms with Gasteiger partial charge < -0.3 is 11.1 Å². The molecule has 3 N–H and O–H groups in total. The quantitative estimate of drug-likeness (QED) is 0.580. The van der Waals surface area contributed by atoms with Crippen LogP contribution in [0.15, 0.2) is 67.0 Å². The average Bonchev–Trinajstić information content (AvgIpc) is 2.68. The Morgan fingerprint density at radius 2 is 1.89 bits per heavy atom. The van der Waals surface area contributed by atoms with E-state index in [2.05, 4.69) is 20.3 Å². The smallest absolute Gasteiger partial charge is 0.250 e. The molecule has 0 spiro atoms. The molecule has 6 nitrogen and oxygen atoms in total. The molecule has 0 radical (unpaired) electrons. The Morgan fingerprint density at radius 3 is 2.67 bits per heavy atom. The molecule has 0 aliphatic heterocycles. The predicted octanol–water partition coefficient (Wildman–Crippen LogP) is 3.67. The van der Waals surface area contributed by atoms with E-state index in [0.29, 0.717) is 39.4 Å². The van der Waals surface area contributed by atoms with Gasteiger partial charge >= 0.3 is 0 Å². The highest BCUT2D eigenvalue weighted by atomic mass is 19.1. The van der Waals surface area contributed by atoms with Gasteiger partial charge in [0, 0.05) is 29.4 Å². The standard InChI is InChI=1S/C20H14FN5O/c21-13-7-8-15-17(10-13)25-19(12-4-3-9-23-11-12)26-20(15)24-16-6-2-1-5-14(16)18(22)27/h1-11H,(H2,22,27)(H,24,25,26). The molecule has 132 valence electrons. The normalized spacial score (nSPS) is 10.7. The first-order chi connectivity index (χ1) is 13.1. The molecule has 4 rings (SSSR count). The van der Waals surface area contributed by atoms with E-state index in [1.54, 1.807) is 48.8 Å². The van der Waals surface area contributed by atoms with E-state index in [1.807, 2.05) is 6.07 Å². The Hall–Kier alpha value is -3.87. The van der Waals surface area contributed by atoms with Crippen molar-refractivity contribution in [3.8, 4) is 11.4 Å². The van der Waals surface area contributed by atoms with Crippen molar-refractivity contribution in [2.75, 3.05) is 5.32 Å². The number of nitrogens with one attached hydrogen (secondary N) is 1. The van der Waals surface area contributed by atoms with Crippen molar-refractivity contribution in [2.24, 2.45) is 5.73 Å². The minimum absolute atomic E-state index is 0.328. The zero-order valence-electron chi connectivity index (χ0n) is 14.1. The lowest BCUT2D eigenvalue weighted by molar-refractivity contribution is 0.100. The molecule has 7 heteroatoms. The first kappa shape index (κ1) is 16.6. The number of pyridine rings is 1. The molecule has 0 saturated heterocycles. The van der Waals surface area contributed by atoms with Gasteiger partial charge in [0.2, 0.25) is 0 Å². The Labute approximate surface area is 153 Å². The number of carbonyl (C=O) groups excluding carboxylic acids is 1. The monoisotopic (exact) mass is 359 g/mol. The van der Waals surface area contributed by atoms with Gasteiger partial charge in [-0.1, -0.05) is 12.1 Å². The summed E-state index contributed by atoms with van der Waals surface area (Å²) in [6.07, 6.45) is 3.27. The number of anilines is 2. The van der Waals surface area contributed by atoms with Crippen molar-refractivity contribution >= 4 is 28.3 Å². The van der Waals surface area contributed by atoms with Crippen LogP contribution in [0.1, 0.15) is 10.4 Å². The van der Waals surface area contributed by atoms with Gasteiger partial charge in [-0.05, 0) is 36.4 Å². The maximum absolute atomic E-state index is 13.7. The third kappa shape index (κ3) is 3.30. The molecule has 0 bridgehead atoms. The van der Waals surface area contributed by atoms with Gasteiger partial charge in [0.25, 0.3) is 5.91 Å². The van der Waals surface area contributed by atoms with Crippen molar-refractivity contribution < 1.29 is 9.18 Å². The van der Waals surface area contributed by atoms with E-state index in [9.17, 15) is 9.18 Å². The third-order valence-electron chi connectivity index (χ3n) is 4.02. The number of hydrogen-bond donors (Lipinski definition) is 2. The molecule has 0 unspecified atom stereocenters. The number of benzene rings is 2. The summed E-state index contributed by atoms with van der Waals surface area (Å²) in [4.78, 5) is 24.8. The number of para-hydroxylation sites is 1. The minimum atomic E-state index is -0.560. The van der Waals surface area contributed by atoms with E-state index < -0.39 is 11.7 Å². The summed E-state index contributed by atoms with van der Waals surface area (Å²) in [6.45, 7) is 0. The van der Waals surface area contributed by atoms with Gasteiger partial charge in [0.15, 0.2) is 5.82 Å². The second-order valence-electron chi connectivity index (χ2n) is 5.83. The van der Waals surface area contributed by atoms with E-state index >= 15 is 0 Å². The Balaban J connectivity index is 1.90. The van der Waals surface area contributed by atoms with Gasteiger partial charge in [-0.3, -0.25) is 9.78 Å². The van der Waals surface area contributed by atoms with Crippen molar-refractivity contribution in [3.63, 3.8) is 0 Å². The molecule has 0 aliphatic carbocycles. The van der Waals surface area contributed by atoms with Gasteiger partial charge in [-0.15, -0.1) is 0 Å². The number of hydrogen-bond acceptors (Lipinski definition) is 5. The molecule has 2 aromatic carbocycles. The highest BCUT2D eigenvalue weighted by Gasteiger charge is 2.13. The summed E-state index contributed by atoms with van der Waals surface area (Å²) in [7, 11) is 0. The lowest BCUT2D eigenvalue weighted by atomic mass is 10.1. The molecule has 0 atom stereocenters. The fourth-order valence-electron chi connectivity index (χ4n) is 2.76. The fourth-order valence-corrected chi connectivity index (χ4v) is 2.76. The molecule has 0 aliphatic rings. The number of aromatic nitrogens is 3. The van der Waals surface area contributed by atoms with Crippen molar-refractivity contribution in [2.45, 2.75) is 0 Å². The Bertz CT molecular complexity index is 1150. The van der Waals surface area contributed by atoms with E-state index in [-0.39, 0.29) is 0 Å². The Kier molecular flexibility index (Phi) is 4.18. The number of primary amides is 1. The van der Waals surface area contributed by atoms with Crippen LogP contribution < -0.4 is 11.1 Å². The molecule has 0 fully saturated rings. The van der Waals surface area contributed by atoms with Crippen LogP contribution >= 0.6 is 0 Å². The number of rotatable bonds is 4. The lowest BCUT2D eigenvalue weighted by Gasteiger charge is -2.13. The zero-order valence-corrected chi connectivity index (χ0v) is 14.1. The first-order valence-electron chi connectivity index (χ1n) is 8.15. The summed E-state index contributed by atoms with van der Waals surface area (Å²) < 4.78 is 13.7. The minimum Gasteiger partial charge on any atom is -0.366 e. The lowest BCUT2D eigenvalue weighted by Crippen LogP contribution is -2.13. The number of amides is 1. The molecule has 27 heavy (non-hydrogen) atoms. The number of carbonyl (C=O) groups is 1. The van der Waals surface area contributed by atoms with Gasteiger partial charge in [0.1, 0.15) is 11.6 Å². The van der Waals surface area contributed by atoms with Crippen molar-refractivity contribution in [1.82, 2.24) is 15.0 Å². The van der Waals surface area contributed by atoms with E-state index in [0.717, 1.165) is 0 Å². The highest BCUT2D eigenvalue weighted by Crippen LogP contribution is 2.28. The number of nitrogens with zero attached hydrogens (tertiary/aromatic N) is 3. The van der Waals surface area contributed by atoms with Crippen LogP contribution in [0.2, 0.25) is 0 Å². The van der Waals surface area contributed by atoms with Gasteiger partial charge in [0.05, 0.1) is 16.8 Å². The molecule has 2 aromatic heterocycles. The summed E-state index contributed by atoms with van der Waals surface area (Å²) in [5.41, 5.74) is 7.41. The SMILES string of the molecule is NC(=O)c1ccccc1Nc1nc(-c2cccnc2)nc2cc(F)ccc12. The molecular formula is C20H14FN5O. The predicted molar refractivity (Wildman–Crippen MR) is 101 cm³/mol. The average molecular weight is 359 g/mol. The van der Waals surface area contributed by atoms with Crippen LogP contribution in [-0.4, -0.2) is 20.9 Å². The summed E-state index contributed by atoms with van der Waals surface area (Å²) >= 11 is 0. The van der Waals surface area contributed by atoms with Crippen LogP contribution in [0.25, 0.3) is 22.3 Å². The molecule has 0 saturated carbocycles. The topological polar surface area (TPSA) is 93.8 Å². The second-order valence-corrected chi connectivity index (χ2v) is 5.83. The maximum atomic E-state index is 13.7. The second kappa shape index (κ2) is 6.80. The van der Waals surface area contributed by atoms with E-state index in [1.165, 1.54) is 12.1 Å². The summed E-state index contributed by atoms with van der Waals surface area (Å²) in [5, 5.41) is 3.75. The molecule has 1 amide bonds. The largest absolute Gasteiger partial charge is 0.366 e. The molecule has 2 heterocycles. The van der Waals surface area contributed by atoms with E-state index in [4.69, 9.17) is 5.73 Å². The zero-order chi connectivity index (χ0) is 18.8. The van der Waals surface area contributed by atoms with Crippen molar-refractivity contribution in [1.29, 1.82) is 0 Å². The van der Waals surface area contributed by atoms with Crippen LogP contribution in [0.4, 0.5) is 15.9 Å². The number of nitrogens with two attached hydrogens (primary N) is 1. The molecular weight excluding hydrogens is 345 g/mol. The van der Waals surface area contributed by atoms with Gasteiger partial charge in [-0.2, -0.15) is 0 Å². The number of fused-ring (bicyclic) bond motifs is 1. The number of halogens is 1. The highest BCUT2D eigenvalue weighted by molar-refractivity contribution is 6.00. The third-order valence-corrected chi connectivity index (χ3v) is 4.02. The fraction of sp³-hybridized carbons (Fsp3) is 0. The summed E-state index contributed by atoms with van der Waals surface area (Å²) in [5.74, 6) is -0.135. The maximum Gasteiger partial charge on any atom is 0.250 e. The summed E-state index contributed by atoms with van der Waals surface area (Å²) in [6, 6.07) is 14.7. The van der Waals surface area contributed by atoms with Crippen LogP contribution in [0.3, 0.4) is 0 Å². The van der Waals surface area contributed by atoms with Crippen molar-refractivity contribution in [3.05, 3.63) is 78.4 Å².